The smallest absolute Gasteiger partial charge is 0.118 e. The van der Waals surface area contributed by atoms with E-state index in [1.165, 1.54) is 0 Å². The summed E-state index contributed by atoms with van der Waals surface area (Å²) < 4.78 is 7.14. The summed E-state index contributed by atoms with van der Waals surface area (Å²) in [6.45, 7) is 2.35. The van der Waals surface area contributed by atoms with Crippen LogP contribution in [0.2, 0.25) is 0 Å². The molecule has 5 nitrogen and oxygen atoms in total. The average molecular weight is 275 g/mol. The molecule has 0 aliphatic heterocycles. The molecule has 0 fully saturated rings. The summed E-state index contributed by atoms with van der Waals surface area (Å²) in [4.78, 5) is 4.00. The monoisotopic (exact) mass is 275 g/mol. The lowest BCUT2D eigenvalue weighted by Crippen LogP contribution is -2.23. The number of aromatic nitrogens is 2. The first kappa shape index (κ1) is 14.6. The highest BCUT2D eigenvalue weighted by molar-refractivity contribution is 5.28. The van der Waals surface area contributed by atoms with Gasteiger partial charge < -0.3 is 19.7 Å². The van der Waals surface area contributed by atoms with Crippen LogP contribution in [0.15, 0.2) is 43.0 Å². The fourth-order valence-corrected chi connectivity index (χ4v) is 1.99. The van der Waals surface area contributed by atoms with E-state index in [1.807, 2.05) is 41.4 Å². The standard InChI is InChI=1S/C15H21N3O2/c1-20-14-5-3-13(4-6-14)15(19)11-16-7-2-9-18-10-8-17-12-18/h3-6,8,10,12,15-16,19H,2,7,9,11H2,1H3. The maximum absolute atomic E-state index is 10.0. The lowest BCUT2D eigenvalue weighted by Gasteiger charge is -2.12. The Hall–Kier alpha value is -1.85. The Balaban J connectivity index is 1.65. The minimum atomic E-state index is -0.492. The molecule has 1 aromatic carbocycles. The molecule has 2 aromatic rings. The van der Waals surface area contributed by atoms with Crippen molar-refractivity contribution >= 4 is 0 Å². The zero-order valence-corrected chi connectivity index (χ0v) is 11.7. The normalized spacial score (nSPS) is 12.3. The molecule has 2 N–H and O–H groups in total. The fraction of sp³-hybridized carbons (Fsp3) is 0.400. The highest BCUT2D eigenvalue weighted by Crippen LogP contribution is 2.16. The van der Waals surface area contributed by atoms with Gasteiger partial charge in [-0.2, -0.15) is 0 Å². The highest BCUT2D eigenvalue weighted by atomic mass is 16.5. The summed E-state index contributed by atoms with van der Waals surface area (Å²) in [5.41, 5.74) is 0.896. The van der Waals surface area contributed by atoms with Crippen molar-refractivity contribution in [3.05, 3.63) is 48.5 Å². The van der Waals surface area contributed by atoms with E-state index in [4.69, 9.17) is 4.74 Å². The molecule has 0 spiro atoms. The number of benzene rings is 1. The summed E-state index contributed by atoms with van der Waals surface area (Å²) in [5, 5.41) is 13.3. The molecule has 108 valence electrons. The van der Waals surface area contributed by atoms with Crippen molar-refractivity contribution in [3.8, 4) is 5.75 Å². The molecule has 5 heteroatoms. The molecule has 0 saturated carbocycles. The van der Waals surface area contributed by atoms with Gasteiger partial charge in [0, 0.05) is 25.5 Å². The van der Waals surface area contributed by atoms with E-state index in [1.54, 1.807) is 13.3 Å². The highest BCUT2D eigenvalue weighted by Gasteiger charge is 2.06. The number of imidazole rings is 1. The summed E-state index contributed by atoms with van der Waals surface area (Å²) in [6.07, 6.45) is 6.06. The summed E-state index contributed by atoms with van der Waals surface area (Å²) in [6, 6.07) is 7.49. The Bertz CT molecular complexity index is 482. The van der Waals surface area contributed by atoms with Crippen molar-refractivity contribution in [2.45, 2.75) is 19.1 Å². The molecule has 0 aliphatic rings. The summed E-state index contributed by atoms with van der Waals surface area (Å²) in [5.74, 6) is 0.800. The third kappa shape index (κ3) is 4.36. The molecule has 0 saturated heterocycles. The predicted molar refractivity (Wildman–Crippen MR) is 77.7 cm³/mol. The van der Waals surface area contributed by atoms with E-state index in [2.05, 4.69) is 10.3 Å². The number of aliphatic hydroxyl groups excluding tert-OH is 1. The largest absolute Gasteiger partial charge is 0.497 e. The van der Waals surface area contributed by atoms with E-state index in [0.29, 0.717) is 6.54 Å². The van der Waals surface area contributed by atoms with Crippen LogP contribution < -0.4 is 10.1 Å². The van der Waals surface area contributed by atoms with Crippen LogP contribution in [0.25, 0.3) is 0 Å². The number of hydrogen-bond donors (Lipinski definition) is 2. The zero-order valence-electron chi connectivity index (χ0n) is 11.7. The van der Waals surface area contributed by atoms with Gasteiger partial charge in [0.25, 0.3) is 0 Å². The predicted octanol–water partition coefficient (Wildman–Crippen LogP) is 1.60. The minimum Gasteiger partial charge on any atom is -0.497 e. The molecule has 1 atom stereocenters. The maximum atomic E-state index is 10.0. The number of rotatable bonds is 8. The number of aryl methyl sites for hydroxylation is 1. The van der Waals surface area contributed by atoms with Crippen LogP contribution in [-0.2, 0) is 6.54 Å². The van der Waals surface area contributed by atoms with Crippen LogP contribution in [-0.4, -0.2) is 34.9 Å². The van der Waals surface area contributed by atoms with Gasteiger partial charge in [0.15, 0.2) is 0 Å². The second-order valence-corrected chi connectivity index (χ2v) is 4.65. The quantitative estimate of drug-likeness (QED) is 0.719. The van der Waals surface area contributed by atoms with Crippen LogP contribution in [0.5, 0.6) is 5.75 Å². The van der Waals surface area contributed by atoms with E-state index in [0.717, 1.165) is 30.8 Å². The van der Waals surface area contributed by atoms with Crippen LogP contribution in [0.3, 0.4) is 0 Å². The number of aliphatic hydroxyl groups is 1. The van der Waals surface area contributed by atoms with Crippen LogP contribution in [0.4, 0.5) is 0 Å². The number of hydrogen-bond acceptors (Lipinski definition) is 4. The van der Waals surface area contributed by atoms with Crippen molar-refractivity contribution in [3.63, 3.8) is 0 Å². The van der Waals surface area contributed by atoms with Crippen LogP contribution in [0, 0.1) is 0 Å². The van der Waals surface area contributed by atoms with Gasteiger partial charge in [-0.1, -0.05) is 12.1 Å². The second-order valence-electron chi connectivity index (χ2n) is 4.65. The van der Waals surface area contributed by atoms with Crippen molar-refractivity contribution < 1.29 is 9.84 Å². The zero-order chi connectivity index (χ0) is 14.2. The number of ether oxygens (including phenoxy) is 1. The van der Waals surface area contributed by atoms with E-state index in [9.17, 15) is 5.11 Å². The Labute approximate surface area is 119 Å². The molecule has 0 amide bonds. The minimum absolute atomic E-state index is 0.492. The number of nitrogens with zero attached hydrogens (tertiary/aromatic N) is 2. The SMILES string of the molecule is COc1ccc(C(O)CNCCCn2ccnc2)cc1. The van der Waals surface area contributed by atoms with Gasteiger partial charge in [0.2, 0.25) is 0 Å². The van der Waals surface area contributed by atoms with Gasteiger partial charge in [-0.15, -0.1) is 0 Å². The first-order chi connectivity index (χ1) is 9.79. The van der Waals surface area contributed by atoms with Gasteiger partial charge in [-0.25, -0.2) is 4.98 Å². The molecule has 2 rings (SSSR count). The molecule has 1 aromatic heterocycles. The van der Waals surface area contributed by atoms with E-state index >= 15 is 0 Å². The molecule has 0 bridgehead atoms. The van der Waals surface area contributed by atoms with Gasteiger partial charge >= 0.3 is 0 Å². The Kier molecular flexibility index (Phi) is 5.58. The Morgan fingerprint density at radius 1 is 1.35 bits per heavy atom. The lowest BCUT2D eigenvalue weighted by atomic mass is 10.1. The first-order valence-electron chi connectivity index (χ1n) is 6.78. The van der Waals surface area contributed by atoms with E-state index in [-0.39, 0.29) is 0 Å². The van der Waals surface area contributed by atoms with Gasteiger partial charge in [0.05, 0.1) is 19.5 Å². The number of methoxy groups -OCH3 is 1. The van der Waals surface area contributed by atoms with Crippen LogP contribution >= 0.6 is 0 Å². The molecule has 0 aliphatic carbocycles. The number of nitrogens with one attached hydrogen (secondary N) is 1. The second kappa shape index (κ2) is 7.67. The lowest BCUT2D eigenvalue weighted by molar-refractivity contribution is 0.174. The fourth-order valence-electron chi connectivity index (χ4n) is 1.99. The third-order valence-electron chi connectivity index (χ3n) is 3.17. The summed E-state index contributed by atoms with van der Waals surface area (Å²) >= 11 is 0. The van der Waals surface area contributed by atoms with E-state index < -0.39 is 6.10 Å². The summed E-state index contributed by atoms with van der Waals surface area (Å²) in [7, 11) is 1.63. The maximum Gasteiger partial charge on any atom is 0.118 e. The average Bonchev–Trinajstić information content (AvgIpc) is 3.00. The van der Waals surface area contributed by atoms with Gasteiger partial charge in [-0.05, 0) is 30.7 Å². The molecular formula is C15H21N3O2. The first-order valence-corrected chi connectivity index (χ1v) is 6.78. The Morgan fingerprint density at radius 3 is 2.80 bits per heavy atom. The molecule has 1 unspecified atom stereocenters. The molecule has 1 heterocycles. The van der Waals surface area contributed by atoms with Gasteiger partial charge in [0.1, 0.15) is 5.75 Å². The molecule has 0 radical (unpaired) electrons. The Morgan fingerprint density at radius 2 is 2.15 bits per heavy atom. The van der Waals surface area contributed by atoms with Crippen molar-refractivity contribution in [2.75, 3.05) is 20.2 Å². The third-order valence-corrected chi connectivity index (χ3v) is 3.17. The molecule has 20 heavy (non-hydrogen) atoms. The van der Waals surface area contributed by atoms with Crippen LogP contribution in [0.1, 0.15) is 18.1 Å². The topological polar surface area (TPSA) is 59.3 Å². The molecular weight excluding hydrogens is 254 g/mol. The van der Waals surface area contributed by atoms with Crippen molar-refractivity contribution in [1.29, 1.82) is 0 Å². The van der Waals surface area contributed by atoms with Crippen molar-refractivity contribution in [2.24, 2.45) is 0 Å². The van der Waals surface area contributed by atoms with Crippen molar-refractivity contribution in [1.82, 2.24) is 14.9 Å². The van der Waals surface area contributed by atoms with Gasteiger partial charge in [-0.3, -0.25) is 0 Å².